The third-order valence-electron chi connectivity index (χ3n) is 6.65. The number of alkyl halides is 3. The topological polar surface area (TPSA) is 60.6 Å². The van der Waals surface area contributed by atoms with E-state index in [0.717, 1.165) is 6.07 Å². The quantitative estimate of drug-likeness (QED) is 0.164. The summed E-state index contributed by atoms with van der Waals surface area (Å²) in [6, 6.07) is 6.49. The number of hydrogen-bond donors (Lipinski definition) is 1. The van der Waals surface area contributed by atoms with Gasteiger partial charge in [-0.2, -0.15) is 13.2 Å². The summed E-state index contributed by atoms with van der Waals surface area (Å²) < 4.78 is 92.2. The molecule has 1 aliphatic heterocycles. The highest BCUT2D eigenvalue weighted by atomic mass is 19.4. The Bertz CT molecular complexity index is 1800. The molecule has 4 heterocycles. The van der Waals surface area contributed by atoms with E-state index in [1.165, 1.54) is 40.5 Å². The molecule has 0 radical (unpaired) electrons. The normalized spacial score (nSPS) is 12.7. The van der Waals surface area contributed by atoms with Crippen LogP contribution in [-0.4, -0.2) is 26.8 Å². The van der Waals surface area contributed by atoms with Crippen LogP contribution >= 0.6 is 0 Å². The third-order valence-corrected chi connectivity index (χ3v) is 6.65. The standard InChI is InChI=1S/C26H16F6N4O2/c1-35-17-8-13(26(30,31)32)20-12-4-3-5-36-18(25(37)11-6-14(27)21(29)15(28)7-11)9-16(24(12)36)33-23(20)22(17)34-19(35)10-38-2/h3-9,33H,10H2,1-2H3. The molecular weight excluding hydrogens is 514 g/mol. The number of halogens is 6. The van der Waals surface area contributed by atoms with Crippen molar-refractivity contribution in [2.24, 2.45) is 7.05 Å². The smallest absolute Gasteiger partial charge is 0.377 e. The molecule has 6 rings (SSSR count). The second-order valence-electron chi connectivity index (χ2n) is 8.85. The Morgan fingerprint density at radius 3 is 2.47 bits per heavy atom. The number of imidazole rings is 1. The zero-order valence-corrected chi connectivity index (χ0v) is 19.7. The summed E-state index contributed by atoms with van der Waals surface area (Å²) in [6.45, 7) is 0.0673. The molecule has 0 bridgehead atoms. The van der Waals surface area contributed by atoms with Gasteiger partial charge in [-0.3, -0.25) is 4.79 Å². The second-order valence-corrected chi connectivity index (χ2v) is 8.85. The predicted molar refractivity (Wildman–Crippen MR) is 126 cm³/mol. The van der Waals surface area contributed by atoms with Gasteiger partial charge in [-0.1, -0.05) is 6.07 Å². The number of benzene rings is 2. The molecule has 0 saturated carbocycles. The van der Waals surface area contributed by atoms with Crippen molar-refractivity contribution in [3.63, 3.8) is 0 Å². The van der Waals surface area contributed by atoms with Crippen molar-refractivity contribution < 1.29 is 35.9 Å². The number of carbonyl (C=O) groups excluding carboxylic acids is 1. The van der Waals surface area contributed by atoms with Gasteiger partial charge in [0.15, 0.2) is 17.5 Å². The molecular formula is C26H16F6N4O2. The number of nitrogens with zero attached hydrogens (tertiary/aromatic N) is 3. The van der Waals surface area contributed by atoms with Crippen molar-refractivity contribution in [3.8, 4) is 11.1 Å². The number of ketones is 1. The van der Waals surface area contributed by atoms with E-state index >= 15 is 0 Å². The van der Waals surface area contributed by atoms with Crippen LogP contribution in [0.25, 0.3) is 27.7 Å². The zero-order valence-electron chi connectivity index (χ0n) is 19.7. The summed E-state index contributed by atoms with van der Waals surface area (Å²) in [5.41, 5.74) is -0.294. The zero-order chi connectivity index (χ0) is 27.1. The van der Waals surface area contributed by atoms with Crippen molar-refractivity contribution in [3.05, 3.63) is 82.7 Å². The number of rotatable bonds is 4. The number of ether oxygens (including phenoxy) is 1. The van der Waals surface area contributed by atoms with E-state index in [1.54, 1.807) is 7.05 Å². The first-order valence-electron chi connectivity index (χ1n) is 11.2. The van der Waals surface area contributed by atoms with Crippen LogP contribution < -0.4 is 5.32 Å². The number of aryl methyl sites for hydroxylation is 1. The average Bonchev–Trinajstić information content (AvgIpc) is 3.40. The van der Waals surface area contributed by atoms with Gasteiger partial charge in [-0.25, -0.2) is 18.2 Å². The van der Waals surface area contributed by atoms with Gasteiger partial charge in [-0.05, 0) is 30.3 Å². The summed E-state index contributed by atoms with van der Waals surface area (Å²) in [5, 5.41) is 3.00. The highest BCUT2D eigenvalue weighted by Crippen LogP contribution is 2.51. The first-order chi connectivity index (χ1) is 18.0. The number of fused-ring (bicyclic) bond motifs is 4. The second kappa shape index (κ2) is 8.09. The Morgan fingerprint density at radius 1 is 1.11 bits per heavy atom. The van der Waals surface area contributed by atoms with Crippen molar-refractivity contribution in [1.29, 1.82) is 0 Å². The number of nitrogens with one attached hydrogen (secondary N) is 1. The van der Waals surface area contributed by atoms with E-state index in [-0.39, 0.29) is 45.7 Å². The lowest BCUT2D eigenvalue weighted by Gasteiger charge is -2.24. The molecule has 5 aromatic rings. The van der Waals surface area contributed by atoms with Crippen LogP contribution in [-0.2, 0) is 24.6 Å². The maximum Gasteiger partial charge on any atom is 0.417 e. The maximum atomic E-state index is 14.4. The van der Waals surface area contributed by atoms with Crippen LogP contribution in [0.2, 0.25) is 0 Å². The summed E-state index contributed by atoms with van der Waals surface area (Å²) in [5.74, 6) is -5.24. The molecule has 3 aromatic heterocycles. The van der Waals surface area contributed by atoms with E-state index in [1.807, 2.05) is 0 Å². The lowest BCUT2D eigenvalue weighted by Crippen LogP contribution is -2.12. The first kappa shape index (κ1) is 24.0. The number of methoxy groups -OCH3 is 1. The Labute approximate surface area is 210 Å². The van der Waals surface area contributed by atoms with E-state index in [0.29, 0.717) is 23.6 Å². The first-order valence-corrected chi connectivity index (χ1v) is 11.2. The molecule has 0 unspecified atom stereocenters. The van der Waals surface area contributed by atoms with Crippen LogP contribution in [0.5, 0.6) is 0 Å². The van der Waals surface area contributed by atoms with Gasteiger partial charge >= 0.3 is 6.18 Å². The Hall–Kier alpha value is -4.32. The molecule has 0 saturated heterocycles. The van der Waals surface area contributed by atoms with Gasteiger partial charge in [0.1, 0.15) is 17.9 Å². The molecule has 1 N–H and O–H groups in total. The van der Waals surface area contributed by atoms with Crippen LogP contribution in [0.3, 0.4) is 0 Å². The molecule has 6 nitrogen and oxygen atoms in total. The molecule has 12 heteroatoms. The highest BCUT2D eigenvalue weighted by Gasteiger charge is 2.39. The molecule has 194 valence electrons. The Balaban J connectivity index is 1.63. The molecule has 0 aliphatic carbocycles. The Kier molecular flexibility index (Phi) is 5.12. The minimum absolute atomic E-state index is 0.0673. The lowest BCUT2D eigenvalue weighted by molar-refractivity contribution is -0.137. The fourth-order valence-electron chi connectivity index (χ4n) is 4.95. The lowest BCUT2D eigenvalue weighted by atomic mass is 9.93. The number of carbonyl (C=O) groups is 1. The van der Waals surface area contributed by atoms with Crippen molar-refractivity contribution in [1.82, 2.24) is 14.0 Å². The minimum atomic E-state index is -4.73. The van der Waals surface area contributed by atoms with E-state index in [4.69, 9.17) is 4.74 Å². The molecule has 0 atom stereocenters. The van der Waals surface area contributed by atoms with Crippen LogP contribution in [0.15, 0.2) is 42.6 Å². The van der Waals surface area contributed by atoms with Gasteiger partial charge in [-0.15, -0.1) is 0 Å². The van der Waals surface area contributed by atoms with Gasteiger partial charge in [0, 0.05) is 37.0 Å². The van der Waals surface area contributed by atoms with Crippen molar-refractivity contribution in [2.75, 3.05) is 12.4 Å². The van der Waals surface area contributed by atoms with Gasteiger partial charge in [0.2, 0.25) is 5.78 Å². The molecule has 38 heavy (non-hydrogen) atoms. The molecule has 2 aromatic carbocycles. The van der Waals surface area contributed by atoms with E-state index in [2.05, 4.69) is 10.3 Å². The number of hydrogen-bond acceptors (Lipinski definition) is 4. The summed E-state index contributed by atoms with van der Waals surface area (Å²) in [7, 11) is 3.03. The number of pyridine rings is 1. The van der Waals surface area contributed by atoms with Crippen LogP contribution in [0.4, 0.5) is 37.7 Å². The summed E-state index contributed by atoms with van der Waals surface area (Å²) >= 11 is 0. The van der Waals surface area contributed by atoms with Crippen LogP contribution in [0.1, 0.15) is 27.4 Å². The monoisotopic (exact) mass is 530 g/mol. The van der Waals surface area contributed by atoms with Gasteiger partial charge < -0.3 is 19.0 Å². The molecule has 0 fully saturated rings. The van der Waals surface area contributed by atoms with Crippen molar-refractivity contribution >= 4 is 33.7 Å². The SMILES string of the molecule is COCc1nc2c3c(c(C(F)(F)F)cc2n1C)-c1cccn2c(C(=O)c4cc(F)c(F)c(F)c4)cc(c12)N3. The van der Waals surface area contributed by atoms with Crippen molar-refractivity contribution in [2.45, 2.75) is 12.8 Å². The molecule has 0 amide bonds. The fourth-order valence-corrected chi connectivity index (χ4v) is 4.95. The fraction of sp³-hybridized carbons (Fsp3) is 0.154. The summed E-state index contributed by atoms with van der Waals surface area (Å²) in [4.78, 5) is 17.8. The minimum Gasteiger partial charge on any atom is -0.377 e. The average molecular weight is 530 g/mol. The van der Waals surface area contributed by atoms with Crippen LogP contribution in [0, 0.1) is 17.5 Å². The third kappa shape index (κ3) is 3.33. The predicted octanol–water partition coefficient (Wildman–Crippen LogP) is 6.36. The number of anilines is 2. The van der Waals surface area contributed by atoms with Gasteiger partial charge in [0.05, 0.1) is 33.7 Å². The largest absolute Gasteiger partial charge is 0.417 e. The maximum absolute atomic E-state index is 14.4. The molecule has 0 spiro atoms. The van der Waals surface area contributed by atoms with E-state index in [9.17, 15) is 31.1 Å². The Morgan fingerprint density at radius 2 is 1.82 bits per heavy atom. The molecule has 1 aliphatic rings. The van der Waals surface area contributed by atoms with Gasteiger partial charge in [0.25, 0.3) is 0 Å². The highest BCUT2D eigenvalue weighted by molar-refractivity contribution is 6.15. The summed E-state index contributed by atoms with van der Waals surface area (Å²) in [6.07, 6.45) is -3.29. The number of aromatic nitrogens is 3. The van der Waals surface area contributed by atoms with E-state index < -0.39 is 40.5 Å².